The number of esters is 1. The van der Waals surface area contributed by atoms with E-state index in [9.17, 15) is 13.8 Å². The van der Waals surface area contributed by atoms with Crippen molar-refractivity contribution in [3.05, 3.63) is 53.3 Å². The Morgan fingerprint density at radius 1 is 1.25 bits per heavy atom. The van der Waals surface area contributed by atoms with Gasteiger partial charge in [0, 0.05) is 11.9 Å². The first-order chi connectivity index (χ1) is 11.5. The Labute approximate surface area is 146 Å². The minimum absolute atomic E-state index is 0.140. The van der Waals surface area contributed by atoms with E-state index in [4.69, 9.17) is 16.3 Å². The van der Waals surface area contributed by atoms with Crippen LogP contribution in [-0.4, -0.2) is 33.4 Å². The predicted molar refractivity (Wildman–Crippen MR) is 91.6 cm³/mol. The van der Waals surface area contributed by atoms with Crippen LogP contribution < -0.4 is 5.32 Å². The Bertz CT molecular complexity index is 782. The van der Waals surface area contributed by atoms with Crippen molar-refractivity contribution in [2.24, 2.45) is 0 Å². The number of rotatable bonds is 6. The molecule has 0 spiro atoms. The molecule has 0 radical (unpaired) electrons. The molecule has 0 aliphatic heterocycles. The summed E-state index contributed by atoms with van der Waals surface area (Å²) < 4.78 is 16.9. The minimum atomic E-state index is -1.30. The van der Waals surface area contributed by atoms with Crippen LogP contribution in [0.3, 0.4) is 0 Å². The Hall–Kier alpha value is -2.25. The number of anilines is 1. The average molecular weight is 367 g/mol. The normalized spacial score (nSPS) is 11.6. The molecule has 0 saturated heterocycles. The van der Waals surface area contributed by atoms with E-state index in [2.05, 4.69) is 10.3 Å². The van der Waals surface area contributed by atoms with E-state index in [1.165, 1.54) is 12.3 Å². The SMILES string of the molecule is CCS(=O)c1ccccc1C(=O)OCC(=O)Nc1cccnc1Cl. The number of pyridine rings is 1. The second-order valence-electron chi connectivity index (χ2n) is 4.60. The van der Waals surface area contributed by atoms with E-state index >= 15 is 0 Å². The quantitative estimate of drug-likeness (QED) is 0.627. The second-order valence-corrected chi connectivity index (χ2v) is 6.66. The number of nitrogens with zero attached hydrogens (tertiary/aromatic N) is 1. The van der Waals surface area contributed by atoms with E-state index in [-0.39, 0.29) is 10.7 Å². The molecule has 1 atom stereocenters. The van der Waals surface area contributed by atoms with E-state index in [1.54, 1.807) is 37.3 Å². The molecule has 1 heterocycles. The maximum absolute atomic E-state index is 12.1. The number of hydrogen-bond acceptors (Lipinski definition) is 5. The lowest BCUT2D eigenvalue weighted by Crippen LogP contribution is -2.21. The first-order valence-electron chi connectivity index (χ1n) is 7.07. The van der Waals surface area contributed by atoms with Crippen molar-refractivity contribution in [1.29, 1.82) is 0 Å². The van der Waals surface area contributed by atoms with Gasteiger partial charge in [-0.3, -0.25) is 9.00 Å². The Kier molecular flexibility index (Phi) is 6.45. The van der Waals surface area contributed by atoms with Crippen LogP contribution in [0.4, 0.5) is 5.69 Å². The van der Waals surface area contributed by atoms with Crippen LogP contribution in [0.25, 0.3) is 0 Å². The molecule has 2 aromatic rings. The predicted octanol–water partition coefficient (Wildman–Crippen LogP) is 2.66. The second kappa shape index (κ2) is 8.56. The summed E-state index contributed by atoms with van der Waals surface area (Å²) in [6, 6.07) is 9.64. The molecular formula is C16H15ClN2O4S. The number of ether oxygens (including phenoxy) is 1. The number of carbonyl (C=O) groups excluding carboxylic acids is 2. The molecule has 0 aliphatic carbocycles. The van der Waals surface area contributed by atoms with Gasteiger partial charge in [-0.05, 0) is 24.3 Å². The molecular weight excluding hydrogens is 352 g/mol. The van der Waals surface area contributed by atoms with Gasteiger partial charge in [0.25, 0.3) is 5.91 Å². The lowest BCUT2D eigenvalue weighted by atomic mass is 10.2. The van der Waals surface area contributed by atoms with Gasteiger partial charge in [0.05, 0.1) is 26.9 Å². The Morgan fingerprint density at radius 2 is 2.00 bits per heavy atom. The Morgan fingerprint density at radius 3 is 2.71 bits per heavy atom. The van der Waals surface area contributed by atoms with Crippen LogP contribution in [0.5, 0.6) is 0 Å². The maximum atomic E-state index is 12.1. The standard InChI is InChI=1S/C16H15ClN2O4S/c1-2-24(22)13-8-4-3-6-11(13)16(21)23-10-14(20)19-12-7-5-9-18-15(12)17/h3-9H,2,10H2,1H3,(H,19,20). The highest BCUT2D eigenvalue weighted by atomic mass is 35.5. The molecule has 24 heavy (non-hydrogen) atoms. The van der Waals surface area contributed by atoms with Gasteiger partial charge in [-0.2, -0.15) is 0 Å². The van der Waals surface area contributed by atoms with Crippen LogP contribution in [0, 0.1) is 0 Å². The third kappa shape index (κ3) is 4.62. The van der Waals surface area contributed by atoms with Crippen molar-refractivity contribution in [3.8, 4) is 0 Å². The van der Waals surface area contributed by atoms with E-state index in [1.807, 2.05) is 0 Å². The maximum Gasteiger partial charge on any atom is 0.339 e. The summed E-state index contributed by atoms with van der Waals surface area (Å²) in [5.74, 6) is -0.878. The molecule has 1 aromatic heterocycles. The third-order valence-corrected chi connectivity index (χ3v) is 4.65. The first-order valence-corrected chi connectivity index (χ1v) is 8.77. The van der Waals surface area contributed by atoms with Gasteiger partial charge in [0.15, 0.2) is 11.8 Å². The van der Waals surface area contributed by atoms with Gasteiger partial charge < -0.3 is 10.1 Å². The average Bonchev–Trinajstić information content (AvgIpc) is 2.61. The van der Waals surface area contributed by atoms with Crippen molar-refractivity contribution < 1.29 is 18.5 Å². The lowest BCUT2D eigenvalue weighted by Gasteiger charge is -2.09. The summed E-state index contributed by atoms with van der Waals surface area (Å²) in [5.41, 5.74) is 0.512. The monoisotopic (exact) mass is 366 g/mol. The fourth-order valence-corrected chi connectivity index (χ4v) is 2.97. The van der Waals surface area contributed by atoms with Gasteiger partial charge in [0.1, 0.15) is 0 Å². The summed E-state index contributed by atoms with van der Waals surface area (Å²) in [5, 5.41) is 2.63. The molecule has 126 valence electrons. The summed E-state index contributed by atoms with van der Waals surface area (Å²) >= 11 is 5.83. The largest absolute Gasteiger partial charge is 0.452 e. The van der Waals surface area contributed by atoms with Crippen molar-refractivity contribution in [1.82, 2.24) is 4.98 Å². The molecule has 0 bridgehead atoms. The molecule has 8 heteroatoms. The summed E-state index contributed by atoms with van der Waals surface area (Å²) in [6.45, 7) is 1.26. The number of carbonyl (C=O) groups is 2. The van der Waals surface area contributed by atoms with Gasteiger partial charge in [-0.25, -0.2) is 9.78 Å². The molecule has 0 saturated carbocycles. The summed E-state index contributed by atoms with van der Waals surface area (Å²) in [7, 11) is -1.30. The zero-order valence-corrected chi connectivity index (χ0v) is 14.4. The fourth-order valence-electron chi connectivity index (χ4n) is 1.86. The molecule has 1 unspecified atom stereocenters. The topological polar surface area (TPSA) is 85.4 Å². The molecule has 1 N–H and O–H groups in total. The molecule has 0 fully saturated rings. The van der Waals surface area contributed by atoms with Gasteiger partial charge in [0.2, 0.25) is 0 Å². The van der Waals surface area contributed by atoms with E-state index < -0.39 is 29.3 Å². The number of hydrogen-bond donors (Lipinski definition) is 1. The van der Waals surface area contributed by atoms with Crippen molar-refractivity contribution in [3.63, 3.8) is 0 Å². The minimum Gasteiger partial charge on any atom is -0.452 e. The molecule has 2 rings (SSSR count). The van der Waals surface area contributed by atoms with Crippen LogP contribution in [0.2, 0.25) is 5.15 Å². The number of benzene rings is 1. The van der Waals surface area contributed by atoms with E-state index in [0.29, 0.717) is 16.3 Å². The molecule has 1 aromatic carbocycles. The Balaban J connectivity index is 2.00. The van der Waals surface area contributed by atoms with Gasteiger partial charge >= 0.3 is 5.97 Å². The van der Waals surface area contributed by atoms with Gasteiger partial charge in [-0.1, -0.05) is 30.7 Å². The smallest absolute Gasteiger partial charge is 0.339 e. The van der Waals surface area contributed by atoms with E-state index in [0.717, 1.165) is 0 Å². The van der Waals surface area contributed by atoms with Crippen LogP contribution in [0.1, 0.15) is 17.3 Å². The van der Waals surface area contributed by atoms with Gasteiger partial charge in [-0.15, -0.1) is 0 Å². The lowest BCUT2D eigenvalue weighted by molar-refractivity contribution is -0.119. The molecule has 1 amide bonds. The van der Waals surface area contributed by atoms with Crippen LogP contribution >= 0.6 is 11.6 Å². The fraction of sp³-hybridized carbons (Fsp3) is 0.188. The zero-order chi connectivity index (χ0) is 17.5. The molecule has 0 aliphatic rings. The summed E-state index contributed by atoms with van der Waals surface area (Å²) in [4.78, 5) is 28.2. The third-order valence-electron chi connectivity index (χ3n) is 2.98. The van der Waals surface area contributed by atoms with Crippen molar-refractivity contribution >= 4 is 40.0 Å². The highest BCUT2D eigenvalue weighted by Gasteiger charge is 2.17. The zero-order valence-electron chi connectivity index (χ0n) is 12.8. The highest BCUT2D eigenvalue weighted by molar-refractivity contribution is 7.85. The van der Waals surface area contributed by atoms with Crippen molar-refractivity contribution in [2.45, 2.75) is 11.8 Å². The first kappa shape index (κ1) is 18.1. The highest BCUT2D eigenvalue weighted by Crippen LogP contribution is 2.18. The number of nitrogens with one attached hydrogen (secondary N) is 1. The van der Waals surface area contributed by atoms with Crippen LogP contribution in [-0.2, 0) is 20.3 Å². The summed E-state index contributed by atoms with van der Waals surface area (Å²) in [6.07, 6.45) is 1.49. The van der Waals surface area contributed by atoms with Crippen LogP contribution in [0.15, 0.2) is 47.5 Å². The molecule has 6 nitrogen and oxygen atoms in total. The van der Waals surface area contributed by atoms with Crippen molar-refractivity contribution in [2.75, 3.05) is 17.7 Å². The number of amides is 1. The number of aromatic nitrogens is 1. The number of halogens is 1.